The fourth-order valence-electron chi connectivity index (χ4n) is 13.7. The molecule has 0 bridgehead atoms. The van der Waals surface area contributed by atoms with E-state index in [2.05, 4.69) is 136 Å². The zero-order chi connectivity index (χ0) is 96.3. The highest BCUT2D eigenvalue weighted by Crippen LogP contribution is 2.32. The van der Waals surface area contributed by atoms with Gasteiger partial charge in [0.1, 0.15) is 28.2 Å². The molecule has 0 aromatic carbocycles. The number of halogens is 1. The Labute approximate surface area is 782 Å². The molecule has 48 nitrogen and oxygen atoms in total. The summed E-state index contributed by atoms with van der Waals surface area (Å²) in [5, 5.41) is 28.7. The van der Waals surface area contributed by atoms with Crippen LogP contribution in [0.1, 0.15) is 114 Å². The third kappa shape index (κ3) is 22.1. The molecule has 1 fully saturated rings. The van der Waals surface area contributed by atoms with E-state index < -0.39 is 36.0 Å². The summed E-state index contributed by atoms with van der Waals surface area (Å²) in [5.74, 6) is -2.78. The summed E-state index contributed by atoms with van der Waals surface area (Å²) in [5.41, 5.74) is 25.8. The van der Waals surface area contributed by atoms with Gasteiger partial charge in [0.05, 0.1) is 130 Å². The second-order valence-corrected chi connectivity index (χ2v) is 29.2. The van der Waals surface area contributed by atoms with E-state index in [1.165, 1.54) is 30.3 Å². The zero-order valence-electron chi connectivity index (χ0n) is 73.8. The van der Waals surface area contributed by atoms with Crippen molar-refractivity contribution in [2.75, 3.05) is 46.8 Å². The average molecular weight is 1890 g/mol. The second-order valence-electron chi connectivity index (χ2n) is 28.9. The third-order valence-electron chi connectivity index (χ3n) is 19.5. The molecule has 1 saturated heterocycles. The topological polar surface area (TPSA) is 606 Å². The van der Waals surface area contributed by atoms with Gasteiger partial charge in [-0.25, -0.2) is 130 Å². The first kappa shape index (κ1) is 92.7. The van der Waals surface area contributed by atoms with E-state index in [4.69, 9.17) is 59.6 Å². The highest BCUT2D eigenvalue weighted by Gasteiger charge is 2.25. The number of aromatic carboxylic acids is 1. The lowest BCUT2D eigenvalue weighted by atomic mass is 10.2. The Morgan fingerprint density at radius 1 is 0.399 bits per heavy atom. The summed E-state index contributed by atoms with van der Waals surface area (Å²) >= 11 is 5.32. The predicted molar refractivity (Wildman–Crippen MR) is 490 cm³/mol. The standard InChI is InChI=1S/C21H21N7O4.C18H16N6O3.C16H13N7O3.C16H12N6O3.C12H11N5.C6H6ClNO3/c1-13-18(28-10-4-2-6-16(28)24-13)14-8-9-22-20(25-14)26-21-23-12-15(31-21)19(29)27-32-17-7-3-5-11-30-17;1-3-26-16(25)13-10-20-18(27-13)23-17-19-8-7-12(22-17)15-11(2)21-14-6-4-5-9-24(14)15;1-9-13(23-7-3-2-4-12(23)19-9)10-5-6-17-15(20-10)21-16-18-8-11(26-16)14(24)22-25;1-9-13(22-7-3-2-4-12(22)19-9)10-5-6-17-15(20-10)21-16-18-8-11(25-16)14(23)24;1-8-11(9-5-6-14-12(13)16-9)17-7-3-2-4-10(17)15-8;1-2-10-5(9)4-3-8-6(7)11-4/h2,4,6,8-10,12,17H,3,5,7,11H2,1H3,(H,27,29)(H,22,23,25,26);4-10H,3H2,1-2H3,(H,19,20,22,23);2-8,25H,1H3,(H,22,24)(H,17,18,20,21);2-8H,1H3,(H,23,24)(H,17,18,20,21);2-7H,1H3,(H2,13,14,16);3H,2H2,1H3. The van der Waals surface area contributed by atoms with Crippen molar-refractivity contribution >= 4 is 123 Å². The van der Waals surface area contributed by atoms with Crippen LogP contribution in [0.3, 0.4) is 0 Å². The first-order valence-electron chi connectivity index (χ1n) is 41.8. The van der Waals surface area contributed by atoms with E-state index in [1.807, 2.05) is 185 Å². The number of nitrogen functional groups attached to an aromatic ring is 1. The molecule has 1 aliphatic heterocycles. The van der Waals surface area contributed by atoms with E-state index in [1.54, 1.807) is 69.1 Å². The maximum absolute atomic E-state index is 12.2. The maximum Gasteiger partial charge on any atom is 0.376 e. The molecule has 1 aliphatic rings. The smallest absolute Gasteiger partial charge is 0.376 e. The maximum atomic E-state index is 12.2. The van der Waals surface area contributed by atoms with Gasteiger partial charge in [-0.1, -0.05) is 30.3 Å². The summed E-state index contributed by atoms with van der Waals surface area (Å²) in [6.45, 7) is 14.2. The van der Waals surface area contributed by atoms with Crippen molar-refractivity contribution in [3.8, 4) is 56.9 Å². The Balaban J connectivity index is 0.000000122. The Kier molecular flexibility index (Phi) is 28.7. The third-order valence-corrected chi connectivity index (χ3v) is 19.7. The number of carboxylic acids is 1. The molecule has 21 heterocycles. The van der Waals surface area contributed by atoms with Gasteiger partial charge < -0.3 is 47.1 Å². The van der Waals surface area contributed by atoms with Gasteiger partial charge >= 0.3 is 53.8 Å². The molecule has 138 heavy (non-hydrogen) atoms. The van der Waals surface area contributed by atoms with Crippen LogP contribution in [0.2, 0.25) is 5.35 Å². The molecule has 0 spiro atoms. The Bertz CT molecular complexity index is 7740. The number of amides is 2. The molecule has 21 rings (SSSR count). The van der Waals surface area contributed by atoms with E-state index >= 15 is 0 Å². The van der Waals surface area contributed by atoms with Crippen LogP contribution in [0.5, 0.6) is 0 Å². The molecule has 698 valence electrons. The number of nitrogens with zero attached hydrogens (tertiary/aromatic N) is 25. The quantitative estimate of drug-likeness (QED) is 0.0173. The van der Waals surface area contributed by atoms with Crippen molar-refractivity contribution in [2.45, 2.75) is 74.0 Å². The Morgan fingerprint density at radius 3 is 1.04 bits per heavy atom. The number of anilines is 9. The van der Waals surface area contributed by atoms with Crippen molar-refractivity contribution in [2.24, 2.45) is 0 Å². The van der Waals surface area contributed by atoms with Crippen molar-refractivity contribution in [3.05, 3.63) is 277 Å². The van der Waals surface area contributed by atoms with E-state index in [9.17, 15) is 24.0 Å². The summed E-state index contributed by atoms with van der Waals surface area (Å²) in [7, 11) is 0. The summed E-state index contributed by atoms with van der Waals surface area (Å²) < 4.78 is 50.4. The number of oxazole rings is 5. The molecule has 10 N–H and O–H groups in total. The van der Waals surface area contributed by atoms with Crippen molar-refractivity contribution in [3.63, 3.8) is 0 Å². The summed E-state index contributed by atoms with van der Waals surface area (Å²) in [4.78, 5) is 147. The van der Waals surface area contributed by atoms with Crippen molar-refractivity contribution in [1.29, 1.82) is 0 Å². The monoisotopic (exact) mass is 1890 g/mol. The molecule has 0 aliphatic carbocycles. The lowest BCUT2D eigenvalue weighted by Gasteiger charge is -2.21. The van der Waals surface area contributed by atoms with Gasteiger partial charge in [-0.3, -0.25) is 58.1 Å². The molecule has 2 amide bonds. The number of hydroxylamine groups is 2. The molecule has 1 atom stereocenters. The lowest BCUT2D eigenvalue weighted by Crippen LogP contribution is -2.32. The van der Waals surface area contributed by atoms with Crippen molar-refractivity contribution in [1.82, 2.24) is 133 Å². The minimum Gasteiger partial charge on any atom is -0.475 e. The fraction of sp³-hybridized carbons (Fsp3) is 0.157. The van der Waals surface area contributed by atoms with Gasteiger partial charge in [0.15, 0.2) is 6.29 Å². The molecule has 20 aromatic heterocycles. The zero-order valence-corrected chi connectivity index (χ0v) is 74.5. The molecular weight excluding hydrogens is 1810 g/mol. The number of aromatic nitrogens is 25. The fourth-order valence-corrected chi connectivity index (χ4v) is 13.8. The molecule has 0 radical (unpaired) electrons. The Morgan fingerprint density at radius 2 is 0.717 bits per heavy atom. The normalized spacial score (nSPS) is 12.0. The number of nitrogens with one attached hydrogen (secondary N) is 6. The molecular formula is C89H79ClN32O16. The van der Waals surface area contributed by atoms with Gasteiger partial charge in [0, 0.05) is 75.0 Å². The largest absolute Gasteiger partial charge is 0.475 e. The van der Waals surface area contributed by atoms with Crippen LogP contribution in [0.4, 0.5) is 53.8 Å². The van der Waals surface area contributed by atoms with Crippen LogP contribution < -0.4 is 38.0 Å². The number of aryl methyl sites for hydroxylation is 5. The van der Waals surface area contributed by atoms with Gasteiger partial charge in [-0.05, 0) is 164 Å². The number of nitrogens with two attached hydrogens (primary N) is 1. The highest BCUT2D eigenvalue weighted by atomic mass is 35.5. The van der Waals surface area contributed by atoms with E-state index in [0.717, 1.165) is 116 Å². The summed E-state index contributed by atoms with van der Waals surface area (Å²) in [6, 6.07) is 38.1. The predicted octanol–water partition coefficient (Wildman–Crippen LogP) is 13.7. The van der Waals surface area contributed by atoms with Crippen LogP contribution in [0.15, 0.2) is 236 Å². The van der Waals surface area contributed by atoms with Gasteiger partial charge in [-0.15, -0.1) is 0 Å². The van der Waals surface area contributed by atoms with Crippen molar-refractivity contribution < 1.29 is 75.4 Å². The highest BCUT2D eigenvalue weighted by molar-refractivity contribution is 6.27. The number of pyridine rings is 5. The van der Waals surface area contributed by atoms with Crippen LogP contribution >= 0.6 is 11.6 Å². The van der Waals surface area contributed by atoms with E-state index in [0.29, 0.717) is 36.0 Å². The number of carbonyl (C=O) groups excluding carboxylic acids is 4. The molecule has 1 unspecified atom stereocenters. The number of carbonyl (C=O) groups is 5. The first-order chi connectivity index (χ1) is 67.1. The number of hydrogen-bond acceptors (Lipinski definition) is 40. The number of imidazole rings is 5. The molecule has 0 saturated carbocycles. The number of esters is 2. The van der Waals surface area contributed by atoms with Crippen LogP contribution in [-0.2, 0) is 19.0 Å². The second kappa shape index (κ2) is 42.8. The van der Waals surface area contributed by atoms with Crippen LogP contribution in [0.25, 0.3) is 85.2 Å². The number of rotatable bonds is 22. The minimum atomic E-state index is -1.20. The van der Waals surface area contributed by atoms with E-state index in [-0.39, 0.29) is 94.6 Å². The first-order valence-corrected chi connectivity index (χ1v) is 42.2. The number of hydrogen-bond donors (Lipinski definition) is 9. The lowest BCUT2D eigenvalue weighted by molar-refractivity contribution is -0.187. The van der Waals surface area contributed by atoms with Gasteiger partial charge in [-0.2, -0.15) is 0 Å². The van der Waals surface area contributed by atoms with Gasteiger partial charge in [0.25, 0.3) is 5.35 Å². The molecule has 49 heteroatoms. The van der Waals surface area contributed by atoms with Crippen LogP contribution in [-0.4, -0.2) is 188 Å². The number of ether oxygens (including phenoxy) is 3. The number of fused-ring (bicyclic) bond motifs is 5. The van der Waals surface area contributed by atoms with Crippen LogP contribution in [0, 0.1) is 34.6 Å². The summed E-state index contributed by atoms with van der Waals surface area (Å²) in [6.07, 6.45) is 26.1. The van der Waals surface area contributed by atoms with Gasteiger partial charge in [0.2, 0.25) is 58.5 Å². The SMILES string of the molecule is CCOC(=O)c1cnc(Cl)o1.CCOC(=O)c1cnc(Nc2nccc(-c3c(C)nc4ccccn34)n2)o1.Cc1nc2ccccn2c1-c1ccnc(N)n1.Cc1nc2ccccn2c1-c1ccnc(Nc2ncc(C(=O)NO)o2)n1.Cc1nc2ccccn2c1-c1ccnc(Nc2ncc(C(=O)NOC3CCCCO3)o2)n1.Cc1nc2ccccn2c1-c1ccnc(Nc2ncc(C(=O)O)o2)n1. The average Bonchev–Trinajstić information content (AvgIpc) is 1.68. The molecule has 20 aromatic rings. The Hall–Kier alpha value is -18.6. The number of carboxylic acid groups (broad SMARTS) is 1. The minimum absolute atomic E-state index is 0.00409.